The standard InChI is InChI=1S/C20H22Cl2N2O4S2/c1-2-30(26,27)24-12-19(28-18-6-4-3-5-17(18)24)20(25)23-9-10-29-13-14-7-8-15(21)11-16(14)22/h3-8,11,19H,2,9-10,12-13H2,1H3,(H,23,25). The van der Waals surface area contributed by atoms with Crippen LogP contribution in [0.5, 0.6) is 5.75 Å². The maximum Gasteiger partial charge on any atom is 0.263 e. The summed E-state index contributed by atoms with van der Waals surface area (Å²) >= 11 is 13.7. The maximum absolute atomic E-state index is 12.6. The van der Waals surface area contributed by atoms with E-state index in [2.05, 4.69) is 5.32 Å². The first-order chi connectivity index (χ1) is 14.3. The number of benzene rings is 2. The molecule has 1 aliphatic heterocycles. The summed E-state index contributed by atoms with van der Waals surface area (Å²) in [5.74, 6) is 1.35. The fraction of sp³-hybridized carbons (Fsp3) is 0.350. The van der Waals surface area contributed by atoms with Gasteiger partial charge >= 0.3 is 0 Å². The van der Waals surface area contributed by atoms with Crippen LogP contribution < -0.4 is 14.4 Å². The predicted molar refractivity (Wildman–Crippen MR) is 123 cm³/mol. The number of sulfonamides is 1. The molecule has 6 nitrogen and oxygen atoms in total. The van der Waals surface area contributed by atoms with Crippen LogP contribution in [-0.4, -0.2) is 45.0 Å². The molecule has 1 heterocycles. The summed E-state index contributed by atoms with van der Waals surface area (Å²) in [5.41, 5.74) is 1.43. The maximum atomic E-state index is 12.6. The van der Waals surface area contributed by atoms with Gasteiger partial charge in [-0.05, 0) is 36.8 Å². The highest BCUT2D eigenvalue weighted by Gasteiger charge is 2.35. The van der Waals surface area contributed by atoms with E-state index in [0.29, 0.717) is 39.5 Å². The largest absolute Gasteiger partial charge is 0.476 e. The second-order valence-electron chi connectivity index (χ2n) is 6.59. The zero-order valence-electron chi connectivity index (χ0n) is 16.3. The minimum atomic E-state index is -3.52. The number of halogens is 2. The number of amides is 1. The van der Waals surface area contributed by atoms with E-state index in [1.54, 1.807) is 55.1 Å². The number of carbonyl (C=O) groups excluding carboxylic acids is 1. The molecule has 30 heavy (non-hydrogen) atoms. The number of fused-ring (bicyclic) bond motifs is 1. The fourth-order valence-corrected chi connectivity index (χ4v) is 5.48. The van der Waals surface area contributed by atoms with Crippen LogP contribution in [0.4, 0.5) is 5.69 Å². The molecule has 0 bridgehead atoms. The first-order valence-electron chi connectivity index (χ1n) is 9.37. The summed E-state index contributed by atoms with van der Waals surface area (Å²) < 4.78 is 32.0. The van der Waals surface area contributed by atoms with Gasteiger partial charge in [-0.2, -0.15) is 11.8 Å². The topological polar surface area (TPSA) is 75.7 Å². The zero-order valence-corrected chi connectivity index (χ0v) is 19.5. The van der Waals surface area contributed by atoms with E-state index in [4.69, 9.17) is 27.9 Å². The van der Waals surface area contributed by atoms with Gasteiger partial charge < -0.3 is 10.1 Å². The van der Waals surface area contributed by atoms with Gasteiger partial charge in [0.25, 0.3) is 5.91 Å². The monoisotopic (exact) mass is 488 g/mol. The zero-order chi connectivity index (χ0) is 21.7. The predicted octanol–water partition coefficient (Wildman–Crippen LogP) is 3.96. The highest BCUT2D eigenvalue weighted by Crippen LogP contribution is 2.35. The molecule has 0 radical (unpaired) electrons. The fourth-order valence-electron chi connectivity index (χ4n) is 2.94. The lowest BCUT2D eigenvalue weighted by molar-refractivity contribution is -0.127. The molecular formula is C20H22Cl2N2O4S2. The third-order valence-electron chi connectivity index (χ3n) is 4.55. The normalized spacial score (nSPS) is 16.0. The van der Waals surface area contributed by atoms with Crippen LogP contribution in [0.25, 0.3) is 0 Å². The molecular weight excluding hydrogens is 467 g/mol. The summed E-state index contributed by atoms with van der Waals surface area (Å²) in [7, 11) is -3.52. The van der Waals surface area contributed by atoms with E-state index in [1.807, 2.05) is 6.07 Å². The molecule has 0 fully saturated rings. The van der Waals surface area contributed by atoms with Crippen LogP contribution in [0.2, 0.25) is 10.0 Å². The number of nitrogens with one attached hydrogen (secondary N) is 1. The smallest absolute Gasteiger partial charge is 0.263 e. The highest BCUT2D eigenvalue weighted by atomic mass is 35.5. The first kappa shape index (κ1) is 23.1. The van der Waals surface area contributed by atoms with Gasteiger partial charge in [0.1, 0.15) is 5.75 Å². The van der Waals surface area contributed by atoms with Crippen molar-refractivity contribution in [2.45, 2.75) is 18.8 Å². The van der Waals surface area contributed by atoms with Crippen molar-refractivity contribution in [1.82, 2.24) is 5.32 Å². The Kier molecular flexibility index (Phi) is 7.79. The quantitative estimate of drug-likeness (QED) is 0.569. The Balaban J connectivity index is 1.54. The van der Waals surface area contributed by atoms with Gasteiger partial charge in [0.05, 0.1) is 18.0 Å². The molecule has 162 valence electrons. The molecule has 0 aliphatic carbocycles. The summed E-state index contributed by atoms with van der Waals surface area (Å²) in [5, 5.41) is 4.03. The van der Waals surface area contributed by atoms with E-state index in [0.717, 1.165) is 5.56 Å². The van der Waals surface area contributed by atoms with E-state index in [1.165, 1.54) is 4.31 Å². The Morgan fingerprint density at radius 2 is 2.03 bits per heavy atom. The van der Waals surface area contributed by atoms with E-state index >= 15 is 0 Å². The van der Waals surface area contributed by atoms with Crippen LogP contribution in [0, 0.1) is 0 Å². The number of ether oxygens (including phenoxy) is 1. The van der Waals surface area contributed by atoms with Crippen molar-refractivity contribution < 1.29 is 17.9 Å². The molecule has 1 atom stereocenters. The van der Waals surface area contributed by atoms with Crippen LogP contribution >= 0.6 is 35.0 Å². The number of hydrogen-bond donors (Lipinski definition) is 1. The highest BCUT2D eigenvalue weighted by molar-refractivity contribution is 7.98. The van der Waals surface area contributed by atoms with Gasteiger partial charge in [-0.3, -0.25) is 9.10 Å². The Hall–Kier alpha value is -1.61. The van der Waals surface area contributed by atoms with Gasteiger partial charge in [-0.1, -0.05) is 41.4 Å². The summed E-state index contributed by atoms with van der Waals surface area (Å²) in [6.45, 7) is 1.95. The molecule has 1 aliphatic rings. The van der Waals surface area contributed by atoms with Gasteiger partial charge in [0, 0.05) is 28.1 Å². The molecule has 1 unspecified atom stereocenters. The summed E-state index contributed by atoms with van der Waals surface area (Å²) in [6, 6.07) is 12.2. The summed E-state index contributed by atoms with van der Waals surface area (Å²) in [4.78, 5) is 12.6. The minimum Gasteiger partial charge on any atom is -0.476 e. The van der Waals surface area contributed by atoms with Crippen molar-refractivity contribution in [3.63, 3.8) is 0 Å². The second kappa shape index (κ2) is 10.1. The molecule has 3 rings (SSSR count). The molecule has 0 aromatic heterocycles. The van der Waals surface area contributed by atoms with Crippen molar-refractivity contribution in [1.29, 1.82) is 0 Å². The third kappa shape index (κ3) is 5.55. The molecule has 0 saturated heterocycles. The Bertz CT molecular complexity index is 1020. The molecule has 0 saturated carbocycles. The SMILES string of the molecule is CCS(=O)(=O)N1CC(C(=O)NCCSCc2ccc(Cl)cc2Cl)Oc2ccccc21. The van der Waals surface area contributed by atoms with Gasteiger partial charge in [0.15, 0.2) is 6.10 Å². The molecule has 2 aromatic rings. The number of anilines is 1. The number of para-hydroxylation sites is 2. The number of rotatable bonds is 8. The average molecular weight is 489 g/mol. The molecule has 1 amide bonds. The molecule has 1 N–H and O–H groups in total. The van der Waals surface area contributed by atoms with Crippen molar-refractivity contribution >= 4 is 56.6 Å². The Labute approximate surface area is 190 Å². The van der Waals surface area contributed by atoms with Gasteiger partial charge in [-0.25, -0.2) is 8.42 Å². The Morgan fingerprint density at radius 3 is 2.77 bits per heavy atom. The second-order valence-corrected chi connectivity index (χ2v) is 10.7. The average Bonchev–Trinajstić information content (AvgIpc) is 2.73. The van der Waals surface area contributed by atoms with E-state index in [-0.39, 0.29) is 18.2 Å². The van der Waals surface area contributed by atoms with Crippen LogP contribution in [-0.2, 0) is 20.6 Å². The van der Waals surface area contributed by atoms with Crippen LogP contribution in [0.1, 0.15) is 12.5 Å². The van der Waals surface area contributed by atoms with Crippen molar-refractivity contribution in [2.75, 3.05) is 28.9 Å². The lowest BCUT2D eigenvalue weighted by atomic mass is 10.2. The van der Waals surface area contributed by atoms with E-state index in [9.17, 15) is 13.2 Å². The van der Waals surface area contributed by atoms with Crippen molar-refractivity contribution in [3.8, 4) is 5.75 Å². The molecule has 10 heteroatoms. The number of hydrogen-bond acceptors (Lipinski definition) is 5. The number of carbonyl (C=O) groups is 1. The molecule has 2 aromatic carbocycles. The van der Waals surface area contributed by atoms with Gasteiger partial charge in [-0.15, -0.1) is 0 Å². The lowest BCUT2D eigenvalue weighted by Gasteiger charge is -2.34. The first-order valence-corrected chi connectivity index (χ1v) is 12.9. The van der Waals surface area contributed by atoms with Crippen LogP contribution in [0.15, 0.2) is 42.5 Å². The van der Waals surface area contributed by atoms with Crippen molar-refractivity contribution in [2.24, 2.45) is 0 Å². The lowest BCUT2D eigenvalue weighted by Crippen LogP contribution is -2.51. The molecule has 0 spiro atoms. The van der Waals surface area contributed by atoms with Gasteiger partial charge in [0.2, 0.25) is 10.0 Å². The Morgan fingerprint density at radius 1 is 1.27 bits per heavy atom. The van der Waals surface area contributed by atoms with Crippen molar-refractivity contribution in [3.05, 3.63) is 58.1 Å². The third-order valence-corrected chi connectivity index (χ3v) is 7.89. The summed E-state index contributed by atoms with van der Waals surface area (Å²) in [6.07, 6.45) is -0.906. The van der Waals surface area contributed by atoms with Crippen LogP contribution in [0.3, 0.4) is 0 Å². The number of nitrogens with zero attached hydrogens (tertiary/aromatic N) is 1. The minimum absolute atomic E-state index is 0.0491. The van der Waals surface area contributed by atoms with E-state index < -0.39 is 16.1 Å². The number of thioether (sulfide) groups is 1.